The number of ether oxygens (including phenoxy) is 2. The fourth-order valence-corrected chi connectivity index (χ4v) is 6.62. The maximum atomic E-state index is 13.8. The van der Waals surface area contributed by atoms with Crippen molar-refractivity contribution in [1.29, 1.82) is 0 Å². The van der Waals surface area contributed by atoms with E-state index in [0.29, 0.717) is 42.5 Å². The Labute approximate surface area is 251 Å². The zero-order valence-electron chi connectivity index (χ0n) is 25.0. The van der Waals surface area contributed by atoms with Crippen LogP contribution in [0.4, 0.5) is 16.2 Å². The van der Waals surface area contributed by atoms with E-state index in [-0.39, 0.29) is 18.1 Å². The van der Waals surface area contributed by atoms with E-state index in [4.69, 9.17) is 9.47 Å². The van der Waals surface area contributed by atoms with Crippen LogP contribution in [0, 0.1) is 5.92 Å². The summed E-state index contributed by atoms with van der Waals surface area (Å²) in [6.45, 7) is 8.73. The number of hydrogen-bond donors (Lipinski definition) is 2. The van der Waals surface area contributed by atoms with Crippen LogP contribution in [0.15, 0.2) is 36.4 Å². The number of piperidine rings is 1. The second-order valence-electron chi connectivity index (χ2n) is 13.3. The van der Waals surface area contributed by atoms with Crippen molar-refractivity contribution in [3.63, 3.8) is 0 Å². The molecule has 4 aliphatic rings. The third-order valence-corrected chi connectivity index (χ3v) is 8.75. The van der Waals surface area contributed by atoms with Gasteiger partial charge in [-0.25, -0.2) is 4.79 Å². The lowest BCUT2D eigenvalue weighted by molar-refractivity contribution is 0.0452. The van der Waals surface area contributed by atoms with Crippen molar-refractivity contribution in [1.82, 2.24) is 14.8 Å². The molecule has 2 N–H and O–H groups in total. The number of amides is 2. The van der Waals surface area contributed by atoms with Gasteiger partial charge in [-0.1, -0.05) is 12.1 Å². The Bertz CT molecular complexity index is 1600. The number of fused-ring (bicyclic) bond motifs is 1. The largest absolute Gasteiger partial charge is 0.489 e. The normalized spacial score (nSPS) is 21.2. The van der Waals surface area contributed by atoms with E-state index >= 15 is 0 Å². The van der Waals surface area contributed by atoms with Crippen molar-refractivity contribution in [3.05, 3.63) is 53.2 Å². The summed E-state index contributed by atoms with van der Waals surface area (Å²) in [5.74, 6) is 1.28. The highest BCUT2D eigenvalue weighted by molar-refractivity contribution is 5.99. The lowest BCUT2D eigenvalue weighted by atomic mass is 10.0. The summed E-state index contributed by atoms with van der Waals surface area (Å²) in [4.78, 5) is 41.9. The molecule has 1 saturated carbocycles. The molecule has 2 atom stereocenters. The van der Waals surface area contributed by atoms with Gasteiger partial charge in [0.15, 0.2) is 0 Å². The summed E-state index contributed by atoms with van der Waals surface area (Å²) in [6.07, 6.45) is 4.37. The van der Waals surface area contributed by atoms with Gasteiger partial charge >= 0.3 is 6.09 Å². The number of alkyl carbamates (subject to hydrolysis) is 1. The number of aromatic nitrogens is 1. The Hall–Kier alpha value is -4.21. The fraction of sp³-hybridized carbons (Fsp3) is 0.485. The molecule has 2 amide bonds. The lowest BCUT2D eigenvalue weighted by Crippen LogP contribution is -2.50. The standard InChI is InChI=1S/C33H39N5O5/c1-33(2,3)43-32(41)34-24-5-4-10-36(18-24)31(40)23-14-25-29-28(16-23)42-12-11-37(29)30(35-25)27-15-22-9-8-21(19-39)13-26(22)38(27)17-20-6-7-20/h8-9,13-16,19-20,24,30,35H,4-7,10-12,17-18H2,1-3H3,(H,34,41)/t24-,30?/m1/s1. The van der Waals surface area contributed by atoms with Gasteiger partial charge in [-0.05, 0) is 76.6 Å². The summed E-state index contributed by atoms with van der Waals surface area (Å²) in [5, 5.41) is 7.77. The quantitative estimate of drug-likeness (QED) is 0.378. The average Bonchev–Trinajstić information content (AvgIpc) is 3.63. The molecule has 226 valence electrons. The van der Waals surface area contributed by atoms with E-state index < -0.39 is 11.7 Å². The molecule has 10 heteroatoms. The molecule has 43 heavy (non-hydrogen) atoms. The van der Waals surface area contributed by atoms with Crippen LogP contribution in [0.25, 0.3) is 10.9 Å². The lowest BCUT2D eigenvalue weighted by Gasteiger charge is -2.34. The van der Waals surface area contributed by atoms with Crippen LogP contribution >= 0.6 is 0 Å². The Morgan fingerprint density at radius 2 is 1.95 bits per heavy atom. The molecule has 10 nitrogen and oxygen atoms in total. The second-order valence-corrected chi connectivity index (χ2v) is 13.3. The van der Waals surface area contributed by atoms with Crippen molar-refractivity contribution < 1.29 is 23.9 Å². The van der Waals surface area contributed by atoms with Crippen LogP contribution in [0.3, 0.4) is 0 Å². The molecule has 1 aromatic heterocycles. The van der Waals surface area contributed by atoms with Crippen LogP contribution in [-0.4, -0.2) is 65.6 Å². The van der Waals surface area contributed by atoms with Crippen molar-refractivity contribution in [2.75, 3.05) is 36.5 Å². The Kier molecular flexibility index (Phi) is 6.74. The summed E-state index contributed by atoms with van der Waals surface area (Å²) in [6, 6.07) is 11.7. The maximum absolute atomic E-state index is 13.8. The predicted octanol–water partition coefficient (Wildman–Crippen LogP) is 5.32. The average molecular weight is 586 g/mol. The van der Waals surface area contributed by atoms with Crippen LogP contribution in [-0.2, 0) is 11.3 Å². The van der Waals surface area contributed by atoms with Gasteiger partial charge in [-0.15, -0.1) is 0 Å². The first-order valence-electron chi connectivity index (χ1n) is 15.4. The zero-order valence-corrected chi connectivity index (χ0v) is 25.0. The molecule has 1 aliphatic carbocycles. The summed E-state index contributed by atoms with van der Waals surface area (Å²) < 4.78 is 13.9. The molecular weight excluding hydrogens is 546 g/mol. The number of carbonyl (C=O) groups is 3. The zero-order chi connectivity index (χ0) is 29.9. The number of likely N-dealkylation sites (tertiary alicyclic amines) is 1. The van der Waals surface area contributed by atoms with E-state index in [0.717, 1.165) is 60.2 Å². The number of anilines is 2. The Morgan fingerprint density at radius 1 is 1.12 bits per heavy atom. The van der Waals surface area contributed by atoms with Crippen molar-refractivity contribution in [2.45, 2.75) is 70.8 Å². The van der Waals surface area contributed by atoms with Crippen LogP contribution in [0.2, 0.25) is 0 Å². The van der Waals surface area contributed by atoms with Crippen molar-refractivity contribution in [3.8, 4) is 5.75 Å². The van der Waals surface area contributed by atoms with Gasteiger partial charge in [0, 0.05) is 47.7 Å². The minimum absolute atomic E-state index is 0.0787. The molecule has 1 saturated heterocycles. The topological polar surface area (TPSA) is 105 Å². The molecule has 2 aromatic carbocycles. The molecule has 2 fully saturated rings. The van der Waals surface area contributed by atoms with Gasteiger partial charge in [0.05, 0.1) is 17.9 Å². The smallest absolute Gasteiger partial charge is 0.407 e. The van der Waals surface area contributed by atoms with Crippen LogP contribution in [0.1, 0.15) is 79.0 Å². The van der Waals surface area contributed by atoms with Crippen molar-refractivity contribution >= 4 is 40.6 Å². The predicted molar refractivity (Wildman–Crippen MR) is 164 cm³/mol. The van der Waals surface area contributed by atoms with Crippen molar-refractivity contribution in [2.24, 2.45) is 5.92 Å². The Balaban J connectivity index is 1.15. The summed E-state index contributed by atoms with van der Waals surface area (Å²) in [5.41, 5.74) is 4.74. The van der Waals surface area contributed by atoms with Crippen LogP contribution < -0.4 is 20.3 Å². The molecule has 3 aliphatic heterocycles. The highest BCUT2D eigenvalue weighted by atomic mass is 16.6. The fourth-order valence-electron chi connectivity index (χ4n) is 6.62. The summed E-state index contributed by atoms with van der Waals surface area (Å²) >= 11 is 0. The molecule has 1 unspecified atom stereocenters. The highest BCUT2D eigenvalue weighted by Crippen LogP contribution is 2.50. The van der Waals surface area contributed by atoms with Gasteiger partial charge in [0.1, 0.15) is 36.1 Å². The van der Waals surface area contributed by atoms with Gasteiger partial charge in [-0.2, -0.15) is 0 Å². The van der Waals surface area contributed by atoms with Gasteiger partial charge < -0.3 is 34.5 Å². The molecule has 3 aromatic rings. The molecular formula is C33H39N5O5. The number of carbonyl (C=O) groups excluding carboxylic acids is 3. The molecule has 0 bridgehead atoms. The second kappa shape index (κ2) is 10.5. The SMILES string of the molecule is CC(C)(C)OC(=O)N[C@@H]1CCCN(C(=O)c2cc3c4c(c2)OCCN4C(c2cc4ccc(C=O)cc4n2CC2CC2)N3)C1. The number of hydrogen-bond acceptors (Lipinski definition) is 7. The third kappa shape index (κ3) is 5.39. The monoisotopic (exact) mass is 585 g/mol. The first-order valence-corrected chi connectivity index (χ1v) is 15.4. The van der Waals surface area contributed by atoms with E-state index in [1.54, 1.807) is 0 Å². The van der Waals surface area contributed by atoms with E-state index in [2.05, 4.69) is 26.2 Å². The highest BCUT2D eigenvalue weighted by Gasteiger charge is 2.39. The molecule has 7 rings (SSSR count). The van der Waals surface area contributed by atoms with E-state index in [1.165, 1.54) is 12.8 Å². The van der Waals surface area contributed by atoms with E-state index in [9.17, 15) is 14.4 Å². The number of nitrogens with zero attached hydrogens (tertiary/aromatic N) is 3. The minimum atomic E-state index is -0.580. The first-order chi connectivity index (χ1) is 20.7. The molecule has 4 heterocycles. The van der Waals surface area contributed by atoms with Gasteiger partial charge in [0.25, 0.3) is 5.91 Å². The maximum Gasteiger partial charge on any atom is 0.407 e. The Morgan fingerprint density at radius 3 is 2.72 bits per heavy atom. The number of rotatable bonds is 6. The third-order valence-electron chi connectivity index (χ3n) is 8.75. The van der Waals surface area contributed by atoms with Gasteiger partial charge in [0.2, 0.25) is 0 Å². The number of nitrogens with one attached hydrogen (secondary N) is 2. The van der Waals surface area contributed by atoms with Crippen LogP contribution in [0.5, 0.6) is 5.75 Å². The first kappa shape index (κ1) is 27.6. The number of aldehydes is 1. The van der Waals surface area contributed by atoms with E-state index in [1.807, 2.05) is 56.0 Å². The molecule has 0 spiro atoms. The van der Waals surface area contributed by atoms with Gasteiger partial charge in [-0.3, -0.25) is 9.59 Å². The minimum Gasteiger partial charge on any atom is -0.489 e. The summed E-state index contributed by atoms with van der Waals surface area (Å²) in [7, 11) is 0. The number of benzene rings is 2. The molecule has 0 radical (unpaired) electrons.